The number of hydrogen-bond acceptors (Lipinski definition) is 6. The van der Waals surface area contributed by atoms with Gasteiger partial charge in [0.15, 0.2) is 0 Å². The second-order valence-electron chi connectivity index (χ2n) is 9.10. The molecule has 1 unspecified atom stereocenters. The number of nitrogens with two attached hydrogens (primary N) is 1. The van der Waals surface area contributed by atoms with Gasteiger partial charge in [-0.05, 0) is 44.2 Å². The molecule has 4 rings (SSSR count). The number of pyridine rings is 1. The Morgan fingerprint density at radius 1 is 0.946 bits per heavy atom. The van der Waals surface area contributed by atoms with E-state index in [1.54, 1.807) is 23.2 Å². The molecule has 0 bridgehead atoms. The number of likely N-dealkylation sites (tertiary alicyclic amines) is 1. The second-order valence-corrected chi connectivity index (χ2v) is 9.10. The molecule has 2 heterocycles. The Labute approximate surface area is 213 Å². The Hall–Kier alpha value is -4.28. The van der Waals surface area contributed by atoms with Gasteiger partial charge in [0.1, 0.15) is 0 Å². The van der Waals surface area contributed by atoms with Gasteiger partial charge in [0.25, 0.3) is 5.91 Å². The summed E-state index contributed by atoms with van der Waals surface area (Å²) in [5, 5.41) is 8.34. The molecule has 1 aliphatic carbocycles. The Balaban J connectivity index is 1.40. The standard InChI is InChI=1S/C26H30N6O5/c27-21(33)13-29-22(34)14-30-26(37)24(16-5-3-6-16)20-9-4-12-32(20)23(35)15-31-25(36)18-10-11-28-19-8-2-1-7-17(18)19/h1-2,7-8,10-11,20H,3-6,9,12-15H2,(H2,27,33)(H,29,34)(H,30,37)(H,31,36). The van der Waals surface area contributed by atoms with Crippen molar-refractivity contribution in [3.8, 4) is 0 Å². The quantitative estimate of drug-likeness (QED) is 0.354. The number of para-hydroxylation sites is 1. The van der Waals surface area contributed by atoms with Crippen LogP contribution >= 0.6 is 0 Å². The third kappa shape index (κ3) is 6.11. The molecule has 1 aromatic heterocycles. The van der Waals surface area contributed by atoms with Crippen LogP contribution in [-0.4, -0.2) is 71.6 Å². The van der Waals surface area contributed by atoms with Gasteiger partial charge in [-0.3, -0.25) is 29.0 Å². The first-order chi connectivity index (χ1) is 17.8. The summed E-state index contributed by atoms with van der Waals surface area (Å²) < 4.78 is 0. The molecule has 1 atom stereocenters. The lowest BCUT2D eigenvalue weighted by atomic mass is 9.84. The number of aromatic nitrogens is 1. The Bertz CT molecular complexity index is 1260. The average Bonchev–Trinajstić information content (AvgIpc) is 3.35. The fraction of sp³-hybridized carbons (Fsp3) is 0.385. The van der Waals surface area contributed by atoms with E-state index in [2.05, 4.69) is 20.9 Å². The summed E-state index contributed by atoms with van der Waals surface area (Å²) in [4.78, 5) is 67.8. The number of primary amides is 1. The van der Waals surface area contributed by atoms with Crippen LogP contribution in [0.15, 0.2) is 47.7 Å². The van der Waals surface area contributed by atoms with E-state index in [4.69, 9.17) is 5.73 Å². The Kier molecular flexibility index (Phi) is 8.11. The number of nitrogens with zero attached hydrogens (tertiary/aromatic N) is 2. The molecule has 2 fully saturated rings. The van der Waals surface area contributed by atoms with Gasteiger partial charge in [-0.25, -0.2) is 0 Å². The van der Waals surface area contributed by atoms with Crippen molar-refractivity contribution in [2.75, 3.05) is 26.2 Å². The van der Waals surface area contributed by atoms with Crippen LogP contribution in [0.5, 0.6) is 0 Å². The van der Waals surface area contributed by atoms with E-state index in [0.717, 1.165) is 31.3 Å². The average molecular weight is 507 g/mol. The molecule has 2 aliphatic rings. The third-order valence-corrected chi connectivity index (χ3v) is 6.65. The maximum Gasteiger partial charge on any atom is 0.252 e. The lowest BCUT2D eigenvalue weighted by molar-refractivity contribution is -0.131. The van der Waals surface area contributed by atoms with Crippen molar-refractivity contribution in [1.29, 1.82) is 0 Å². The summed E-state index contributed by atoms with van der Waals surface area (Å²) in [6.07, 6.45) is 5.39. The van der Waals surface area contributed by atoms with Crippen LogP contribution in [0, 0.1) is 0 Å². The fourth-order valence-corrected chi connectivity index (χ4v) is 4.69. The molecule has 194 valence electrons. The number of hydrogen-bond donors (Lipinski definition) is 4. The predicted octanol–water partition coefficient (Wildman–Crippen LogP) is 0.154. The monoisotopic (exact) mass is 506 g/mol. The molecule has 0 spiro atoms. The molecule has 1 saturated carbocycles. The van der Waals surface area contributed by atoms with Crippen LogP contribution in [0.25, 0.3) is 10.9 Å². The van der Waals surface area contributed by atoms with Gasteiger partial charge in [0.05, 0.1) is 36.8 Å². The van der Waals surface area contributed by atoms with Crippen molar-refractivity contribution >= 4 is 40.4 Å². The first-order valence-electron chi connectivity index (χ1n) is 12.3. The largest absolute Gasteiger partial charge is 0.368 e. The minimum atomic E-state index is -0.679. The molecule has 5 amide bonds. The Morgan fingerprint density at radius 3 is 2.46 bits per heavy atom. The van der Waals surface area contributed by atoms with E-state index in [0.29, 0.717) is 35.0 Å². The van der Waals surface area contributed by atoms with Gasteiger partial charge in [-0.1, -0.05) is 23.8 Å². The molecule has 2 aromatic rings. The van der Waals surface area contributed by atoms with Crippen molar-refractivity contribution < 1.29 is 24.0 Å². The number of benzene rings is 1. The van der Waals surface area contributed by atoms with Crippen molar-refractivity contribution in [3.05, 3.63) is 53.2 Å². The van der Waals surface area contributed by atoms with Crippen molar-refractivity contribution in [2.24, 2.45) is 5.73 Å². The van der Waals surface area contributed by atoms with Gasteiger partial charge in [-0.2, -0.15) is 0 Å². The number of carbonyl (C=O) groups is 5. The van der Waals surface area contributed by atoms with E-state index in [1.165, 1.54) is 0 Å². The summed E-state index contributed by atoms with van der Waals surface area (Å²) in [5.74, 6) is -2.27. The summed E-state index contributed by atoms with van der Waals surface area (Å²) >= 11 is 0. The van der Waals surface area contributed by atoms with Crippen LogP contribution in [0.3, 0.4) is 0 Å². The minimum Gasteiger partial charge on any atom is -0.368 e. The smallest absolute Gasteiger partial charge is 0.252 e. The number of rotatable bonds is 9. The second kappa shape index (κ2) is 11.6. The van der Waals surface area contributed by atoms with Crippen LogP contribution in [0.4, 0.5) is 0 Å². The molecule has 1 aromatic carbocycles. The zero-order valence-corrected chi connectivity index (χ0v) is 20.4. The van der Waals surface area contributed by atoms with Crippen LogP contribution in [0.1, 0.15) is 42.5 Å². The first-order valence-corrected chi connectivity index (χ1v) is 12.3. The summed E-state index contributed by atoms with van der Waals surface area (Å²) in [6, 6.07) is 8.47. The molecule has 37 heavy (non-hydrogen) atoms. The highest BCUT2D eigenvalue weighted by atomic mass is 16.2. The maximum atomic E-state index is 13.2. The van der Waals surface area contributed by atoms with Gasteiger partial charge in [0.2, 0.25) is 23.6 Å². The van der Waals surface area contributed by atoms with Crippen LogP contribution in [-0.2, 0) is 19.2 Å². The molecule has 1 saturated heterocycles. The molecule has 0 radical (unpaired) electrons. The van der Waals surface area contributed by atoms with Crippen LogP contribution < -0.4 is 21.7 Å². The lowest BCUT2D eigenvalue weighted by Gasteiger charge is -2.31. The molecule has 1 aliphatic heterocycles. The zero-order chi connectivity index (χ0) is 26.4. The first kappa shape index (κ1) is 25.8. The predicted molar refractivity (Wildman–Crippen MR) is 135 cm³/mol. The van der Waals surface area contributed by atoms with Crippen molar-refractivity contribution in [2.45, 2.75) is 38.1 Å². The fourth-order valence-electron chi connectivity index (χ4n) is 4.69. The van der Waals surface area contributed by atoms with Gasteiger partial charge in [-0.15, -0.1) is 0 Å². The highest BCUT2D eigenvalue weighted by Gasteiger charge is 2.37. The number of allylic oxidation sites excluding steroid dienone is 1. The maximum absolute atomic E-state index is 13.2. The molecule has 11 heteroatoms. The van der Waals surface area contributed by atoms with E-state index in [9.17, 15) is 24.0 Å². The lowest BCUT2D eigenvalue weighted by Crippen LogP contribution is -2.47. The normalized spacial score (nSPS) is 16.6. The molecule has 11 nitrogen and oxygen atoms in total. The SMILES string of the molecule is NC(=O)CNC(=O)CNC(=O)C(=C1CCC1)C1CCCN1C(=O)CNC(=O)c1ccnc2ccccc12. The highest BCUT2D eigenvalue weighted by molar-refractivity contribution is 6.07. The van der Waals surface area contributed by atoms with Crippen molar-refractivity contribution in [3.63, 3.8) is 0 Å². The summed E-state index contributed by atoms with van der Waals surface area (Å²) in [5.41, 5.74) is 7.64. The number of fused-ring (bicyclic) bond motifs is 1. The summed E-state index contributed by atoms with van der Waals surface area (Å²) in [7, 11) is 0. The summed E-state index contributed by atoms with van der Waals surface area (Å²) in [6.45, 7) is -0.347. The highest BCUT2D eigenvalue weighted by Crippen LogP contribution is 2.35. The molecular weight excluding hydrogens is 476 g/mol. The number of nitrogens with one attached hydrogen (secondary N) is 3. The van der Waals surface area contributed by atoms with Gasteiger partial charge < -0.3 is 26.6 Å². The van der Waals surface area contributed by atoms with E-state index < -0.39 is 23.8 Å². The van der Waals surface area contributed by atoms with Gasteiger partial charge >= 0.3 is 0 Å². The number of carbonyl (C=O) groups excluding carboxylic acids is 5. The topological polar surface area (TPSA) is 164 Å². The molecule has 5 N–H and O–H groups in total. The van der Waals surface area contributed by atoms with Crippen molar-refractivity contribution in [1.82, 2.24) is 25.8 Å². The Morgan fingerprint density at radius 2 is 1.73 bits per heavy atom. The minimum absolute atomic E-state index is 0.203. The van der Waals surface area contributed by atoms with E-state index >= 15 is 0 Å². The van der Waals surface area contributed by atoms with E-state index in [-0.39, 0.29) is 31.4 Å². The molecular formula is C26H30N6O5. The number of amides is 5. The van der Waals surface area contributed by atoms with E-state index in [1.807, 2.05) is 18.2 Å². The zero-order valence-electron chi connectivity index (χ0n) is 20.4. The van der Waals surface area contributed by atoms with Gasteiger partial charge in [0, 0.05) is 23.7 Å². The van der Waals surface area contributed by atoms with Crippen LogP contribution in [0.2, 0.25) is 0 Å². The third-order valence-electron chi connectivity index (χ3n) is 6.65.